The topological polar surface area (TPSA) is 68.3 Å². The Hall–Kier alpha value is -1.29. The van der Waals surface area contributed by atoms with E-state index in [-0.39, 0.29) is 17.4 Å². The molecule has 1 aromatic heterocycles. The number of carbonyl (C=O) groups excluding carboxylic acids is 1. The fourth-order valence-corrected chi connectivity index (χ4v) is 3.79. The maximum absolute atomic E-state index is 12.8. The van der Waals surface area contributed by atoms with Crippen molar-refractivity contribution in [3.05, 3.63) is 23.7 Å². The van der Waals surface area contributed by atoms with Gasteiger partial charge in [0, 0.05) is 18.5 Å². The van der Waals surface area contributed by atoms with Gasteiger partial charge in [-0.2, -0.15) is 0 Å². The number of furan rings is 1. The number of hydrogen-bond acceptors (Lipinski definition) is 3. The van der Waals surface area contributed by atoms with E-state index in [9.17, 15) is 4.79 Å². The summed E-state index contributed by atoms with van der Waals surface area (Å²) in [6.45, 7) is 2.72. The molecule has 0 aromatic carbocycles. The average Bonchev–Trinajstić information content (AvgIpc) is 2.98. The van der Waals surface area contributed by atoms with E-state index in [1.54, 1.807) is 6.26 Å². The Balaban J connectivity index is 1.72. The highest BCUT2D eigenvalue weighted by Crippen LogP contribution is 2.39. The van der Waals surface area contributed by atoms with Gasteiger partial charge in [-0.1, -0.05) is 6.92 Å². The van der Waals surface area contributed by atoms with Gasteiger partial charge in [-0.25, -0.2) is 0 Å². The van der Waals surface area contributed by atoms with Crippen LogP contribution in [0.15, 0.2) is 16.7 Å². The monoisotopic (exact) mass is 290 g/mol. The second-order valence-electron chi connectivity index (χ2n) is 6.88. The number of amides is 1. The van der Waals surface area contributed by atoms with Gasteiger partial charge in [0.2, 0.25) is 5.91 Å². The van der Waals surface area contributed by atoms with E-state index < -0.39 is 0 Å². The van der Waals surface area contributed by atoms with Gasteiger partial charge in [-0.05, 0) is 50.5 Å². The van der Waals surface area contributed by atoms with Crippen LogP contribution in [0.5, 0.6) is 0 Å². The summed E-state index contributed by atoms with van der Waals surface area (Å²) < 4.78 is 5.50. The maximum atomic E-state index is 12.8. The Morgan fingerprint density at radius 1 is 1.43 bits per heavy atom. The third-order valence-corrected chi connectivity index (χ3v) is 5.46. The first kappa shape index (κ1) is 14.6. The van der Waals surface area contributed by atoms with Crippen LogP contribution < -0.4 is 11.1 Å². The van der Waals surface area contributed by atoms with Crippen LogP contribution >= 0.6 is 0 Å². The summed E-state index contributed by atoms with van der Waals surface area (Å²) >= 11 is 0. The number of carbonyl (C=O) groups is 1. The minimum absolute atomic E-state index is 0.0998. The van der Waals surface area contributed by atoms with Crippen LogP contribution in [0.4, 0.5) is 0 Å². The molecule has 0 radical (unpaired) electrons. The second-order valence-corrected chi connectivity index (χ2v) is 6.88. The third-order valence-electron chi connectivity index (χ3n) is 5.46. The molecule has 116 valence electrons. The Morgan fingerprint density at radius 2 is 2.19 bits per heavy atom. The molecule has 4 nitrogen and oxygen atoms in total. The van der Waals surface area contributed by atoms with Crippen molar-refractivity contribution >= 4 is 5.91 Å². The van der Waals surface area contributed by atoms with Crippen molar-refractivity contribution in [2.45, 2.75) is 57.9 Å². The summed E-state index contributed by atoms with van der Waals surface area (Å²) in [5.74, 6) is 1.90. The van der Waals surface area contributed by atoms with Gasteiger partial charge in [0.25, 0.3) is 0 Å². The van der Waals surface area contributed by atoms with Gasteiger partial charge in [-0.3, -0.25) is 4.79 Å². The number of aryl methyl sites for hydroxylation is 1. The van der Waals surface area contributed by atoms with E-state index in [1.807, 2.05) is 6.07 Å². The van der Waals surface area contributed by atoms with Crippen LogP contribution in [-0.2, 0) is 11.2 Å². The first-order valence-electron chi connectivity index (χ1n) is 8.22. The lowest BCUT2D eigenvalue weighted by molar-refractivity contribution is -0.133. The fourth-order valence-electron chi connectivity index (χ4n) is 3.79. The molecule has 1 saturated carbocycles. The molecule has 1 unspecified atom stereocenters. The summed E-state index contributed by atoms with van der Waals surface area (Å²) in [7, 11) is 0. The molecule has 1 atom stereocenters. The molecule has 1 amide bonds. The largest absolute Gasteiger partial charge is 0.469 e. The van der Waals surface area contributed by atoms with Gasteiger partial charge >= 0.3 is 0 Å². The van der Waals surface area contributed by atoms with Crippen molar-refractivity contribution in [2.75, 3.05) is 6.54 Å². The Bertz CT molecular complexity index is 501. The van der Waals surface area contributed by atoms with Crippen molar-refractivity contribution < 1.29 is 9.21 Å². The van der Waals surface area contributed by atoms with Gasteiger partial charge in [0.05, 0.1) is 17.7 Å². The number of nitrogens with one attached hydrogen (secondary N) is 1. The highest BCUT2D eigenvalue weighted by Gasteiger charge is 2.41. The zero-order valence-corrected chi connectivity index (χ0v) is 12.9. The molecule has 2 aliphatic carbocycles. The van der Waals surface area contributed by atoms with Crippen molar-refractivity contribution in [3.63, 3.8) is 0 Å². The van der Waals surface area contributed by atoms with E-state index in [0.717, 1.165) is 56.3 Å². The summed E-state index contributed by atoms with van der Waals surface area (Å²) in [6.07, 6.45) is 8.82. The molecule has 0 aliphatic heterocycles. The van der Waals surface area contributed by atoms with E-state index >= 15 is 0 Å². The molecule has 0 spiro atoms. The Morgan fingerprint density at radius 3 is 2.90 bits per heavy atom. The lowest BCUT2D eigenvalue weighted by Gasteiger charge is -2.38. The molecule has 0 saturated heterocycles. The molecular weight excluding hydrogens is 264 g/mol. The first-order chi connectivity index (χ1) is 10.1. The zero-order valence-electron chi connectivity index (χ0n) is 12.9. The van der Waals surface area contributed by atoms with Crippen molar-refractivity contribution in [2.24, 2.45) is 17.1 Å². The molecular formula is C17H26N2O2. The highest BCUT2D eigenvalue weighted by atomic mass is 16.3. The van der Waals surface area contributed by atoms with Crippen LogP contribution in [0, 0.1) is 11.3 Å². The van der Waals surface area contributed by atoms with E-state index in [2.05, 4.69) is 12.2 Å². The lowest BCUT2D eigenvalue weighted by atomic mass is 9.70. The summed E-state index contributed by atoms with van der Waals surface area (Å²) in [4.78, 5) is 12.8. The molecule has 1 heterocycles. The molecule has 4 heteroatoms. The van der Waals surface area contributed by atoms with Crippen LogP contribution in [0.2, 0.25) is 0 Å². The molecule has 0 bridgehead atoms. The van der Waals surface area contributed by atoms with E-state index in [4.69, 9.17) is 10.2 Å². The first-order valence-corrected chi connectivity index (χ1v) is 8.22. The normalized spacial score (nSPS) is 32.5. The zero-order chi connectivity index (χ0) is 14.9. The van der Waals surface area contributed by atoms with Crippen LogP contribution in [0.3, 0.4) is 0 Å². The Labute approximate surface area is 126 Å². The Kier molecular flexibility index (Phi) is 4.07. The SMILES string of the molecule is CC1CCC(CN)(C(=O)NC2CCCc3occc32)CC1. The molecule has 2 aliphatic rings. The number of rotatable bonds is 3. The van der Waals surface area contributed by atoms with Gasteiger partial charge in [-0.15, -0.1) is 0 Å². The standard InChI is InChI=1S/C17H26N2O2/c1-12-5-8-17(11-18,9-6-12)16(20)19-14-3-2-4-15-13(14)7-10-21-15/h7,10,12,14H,2-6,8-9,11,18H2,1H3,(H,19,20). The summed E-state index contributed by atoms with van der Waals surface area (Å²) in [5, 5.41) is 3.26. The van der Waals surface area contributed by atoms with Gasteiger partial charge < -0.3 is 15.5 Å². The van der Waals surface area contributed by atoms with E-state index in [0.29, 0.717) is 12.5 Å². The smallest absolute Gasteiger partial charge is 0.227 e. The van der Waals surface area contributed by atoms with E-state index in [1.165, 1.54) is 0 Å². The minimum atomic E-state index is -0.353. The maximum Gasteiger partial charge on any atom is 0.227 e. The van der Waals surface area contributed by atoms with Crippen LogP contribution in [-0.4, -0.2) is 12.5 Å². The molecule has 1 aromatic rings. The van der Waals surface area contributed by atoms with Crippen LogP contribution in [0.25, 0.3) is 0 Å². The van der Waals surface area contributed by atoms with Crippen molar-refractivity contribution in [1.29, 1.82) is 0 Å². The van der Waals surface area contributed by atoms with Crippen molar-refractivity contribution in [3.8, 4) is 0 Å². The predicted molar refractivity (Wildman–Crippen MR) is 81.6 cm³/mol. The van der Waals surface area contributed by atoms with Crippen LogP contribution in [0.1, 0.15) is 62.8 Å². The lowest BCUT2D eigenvalue weighted by Crippen LogP contribution is -2.49. The highest BCUT2D eigenvalue weighted by molar-refractivity contribution is 5.83. The van der Waals surface area contributed by atoms with Crippen molar-refractivity contribution in [1.82, 2.24) is 5.32 Å². The predicted octanol–water partition coefficient (Wildman–Crippen LogP) is 2.93. The molecule has 1 fully saturated rings. The average molecular weight is 290 g/mol. The number of fused-ring (bicyclic) bond motifs is 1. The quantitative estimate of drug-likeness (QED) is 0.899. The fraction of sp³-hybridized carbons (Fsp3) is 0.706. The van der Waals surface area contributed by atoms with Gasteiger partial charge in [0.1, 0.15) is 5.76 Å². The minimum Gasteiger partial charge on any atom is -0.469 e. The molecule has 21 heavy (non-hydrogen) atoms. The molecule has 3 N–H and O–H groups in total. The second kappa shape index (κ2) is 5.84. The summed E-state index contributed by atoms with van der Waals surface area (Å²) in [6, 6.07) is 2.10. The molecule has 3 rings (SSSR count). The third kappa shape index (κ3) is 2.73. The summed E-state index contributed by atoms with van der Waals surface area (Å²) in [5.41, 5.74) is 6.79. The number of hydrogen-bond donors (Lipinski definition) is 2. The number of nitrogens with two attached hydrogens (primary N) is 1. The van der Waals surface area contributed by atoms with Gasteiger partial charge in [0.15, 0.2) is 0 Å².